The summed E-state index contributed by atoms with van der Waals surface area (Å²) in [6.45, 7) is 10.2. The number of ether oxygens (including phenoxy) is 1. The monoisotopic (exact) mass is 255 g/mol. The second-order valence-electron chi connectivity index (χ2n) is 6.58. The van der Waals surface area contributed by atoms with Gasteiger partial charge in [0.15, 0.2) is 0 Å². The van der Waals surface area contributed by atoms with Crippen LogP contribution < -0.4 is 5.32 Å². The van der Waals surface area contributed by atoms with Crippen molar-refractivity contribution in [2.24, 2.45) is 11.3 Å². The predicted molar refractivity (Wildman–Crippen MR) is 78.9 cm³/mol. The van der Waals surface area contributed by atoms with Gasteiger partial charge < -0.3 is 10.1 Å². The smallest absolute Gasteiger partial charge is 0.0733 e. The van der Waals surface area contributed by atoms with Crippen LogP contribution in [0.4, 0.5) is 0 Å². The molecule has 0 bridgehead atoms. The molecule has 1 fully saturated rings. The normalized spacial score (nSPS) is 28.5. The Hall–Kier alpha value is -0.0800. The molecule has 1 N–H and O–H groups in total. The molecule has 2 heteroatoms. The minimum Gasteiger partial charge on any atom is -0.376 e. The molecule has 0 aliphatic heterocycles. The van der Waals surface area contributed by atoms with Gasteiger partial charge in [-0.15, -0.1) is 0 Å². The lowest BCUT2D eigenvalue weighted by Crippen LogP contribution is -2.44. The van der Waals surface area contributed by atoms with Gasteiger partial charge in [0, 0.05) is 12.6 Å². The molecule has 108 valence electrons. The van der Waals surface area contributed by atoms with Crippen LogP contribution in [0, 0.1) is 11.3 Å². The highest BCUT2D eigenvalue weighted by molar-refractivity contribution is 4.96. The van der Waals surface area contributed by atoms with E-state index in [0.29, 0.717) is 17.6 Å². The van der Waals surface area contributed by atoms with Crippen LogP contribution in [-0.2, 0) is 4.74 Å². The van der Waals surface area contributed by atoms with Gasteiger partial charge in [0.1, 0.15) is 0 Å². The number of hydrogen-bond donors (Lipinski definition) is 1. The molecule has 3 unspecified atom stereocenters. The van der Waals surface area contributed by atoms with Crippen LogP contribution in [0.25, 0.3) is 0 Å². The number of hydrogen-bond acceptors (Lipinski definition) is 2. The van der Waals surface area contributed by atoms with Gasteiger partial charge in [-0.1, -0.05) is 47.0 Å². The molecular weight excluding hydrogens is 222 g/mol. The zero-order valence-electron chi connectivity index (χ0n) is 13.1. The molecular formula is C16H33NO. The number of likely N-dealkylation sites (N-methyl/N-ethyl adjacent to an activating group) is 1. The van der Waals surface area contributed by atoms with Crippen LogP contribution in [0.2, 0.25) is 0 Å². The van der Waals surface area contributed by atoms with E-state index in [1.807, 2.05) is 0 Å². The Kier molecular flexibility index (Phi) is 6.65. The maximum absolute atomic E-state index is 6.23. The Balaban J connectivity index is 2.38. The summed E-state index contributed by atoms with van der Waals surface area (Å²) >= 11 is 0. The van der Waals surface area contributed by atoms with Crippen LogP contribution in [-0.4, -0.2) is 25.8 Å². The Morgan fingerprint density at radius 2 is 2.06 bits per heavy atom. The quantitative estimate of drug-likeness (QED) is 0.708. The highest BCUT2D eigenvalue weighted by atomic mass is 16.5. The number of unbranched alkanes of at least 4 members (excludes halogenated alkanes) is 1. The van der Waals surface area contributed by atoms with Crippen molar-refractivity contribution in [2.75, 3.05) is 13.7 Å². The number of rotatable bonds is 8. The third-order valence-electron chi connectivity index (χ3n) is 4.69. The van der Waals surface area contributed by atoms with E-state index in [1.54, 1.807) is 0 Å². The molecule has 0 aromatic rings. The summed E-state index contributed by atoms with van der Waals surface area (Å²) in [5.41, 5.74) is 0.380. The maximum Gasteiger partial charge on any atom is 0.0733 e. The first kappa shape index (κ1) is 16.0. The molecule has 0 amide bonds. The van der Waals surface area contributed by atoms with Gasteiger partial charge in [0.2, 0.25) is 0 Å². The molecule has 1 aliphatic carbocycles. The first-order valence-corrected chi connectivity index (χ1v) is 7.84. The fourth-order valence-electron chi connectivity index (χ4n) is 3.25. The maximum atomic E-state index is 6.23. The van der Waals surface area contributed by atoms with Gasteiger partial charge >= 0.3 is 0 Å². The Labute approximate surface area is 114 Å². The molecule has 0 aromatic heterocycles. The predicted octanol–water partition coefficient (Wildman–Crippen LogP) is 4.00. The van der Waals surface area contributed by atoms with Crippen molar-refractivity contribution >= 4 is 0 Å². The van der Waals surface area contributed by atoms with E-state index < -0.39 is 0 Å². The molecule has 0 saturated heterocycles. The van der Waals surface area contributed by atoms with E-state index >= 15 is 0 Å². The molecule has 0 radical (unpaired) electrons. The Morgan fingerprint density at radius 3 is 2.61 bits per heavy atom. The summed E-state index contributed by atoms with van der Waals surface area (Å²) in [7, 11) is 2.07. The average Bonchev–Trinajstić information content (AvgIpc) is 2.64. The zero-order valence-corrected chi connectivity index (χ0v) is 13.1. The van der Waals surface area contributed by atoms with Gasteiger partial charge in [-0.3, -0.25) is 0 Å². The fourth-order valence-corrected chi connectivity index (χ4v) is 3.25. The minimum absolute atomic E-state index is 0.380. The van der Waals surface area contributed by atoms with Crippen LogP contribution in [0.5, 0.6) is 0 Å². The van der Waals surface area contributed by atoms with E-state index in [0.717, 1.165) is 12.5 Å². The van der Waals surface area contributed by atoms with Crippen LogP contribution in [0.15, 0.2) is 0 Å². The molecule has 1 aliphatic rings. The first-order chi connectivity index (χ1) is 8.55. The fraction of sp³-hybridized carbons (Fsp3) is 1.00. The largest absolute Gasteiger partial charge is 0.376 e. The molecule has 0 heterocycles. The van der Waals surface area contributed by atoms with Crippen molar-refractivity contribution < 1.29 is 4.74 Å². The standard InChI is InChI=1S/C16H33NO/c1-6-8-9-13(7-2)12-18-14-10-11-16(3,4)15(14)17-5/h13-15,17H,6-12H2,1-5H3. The Bertz CT molecular complexity index is 227. The molecule has 0 spiro atoms. The van der Waals surface area contributed by atoms with E-state index in [-0.39, 0.29) is 0 Å². The zero-order chi connectivity index (χ0) is 13.6. The van der Waals surface area contributed by atoms with Crippen molar-refractivity contribution in [3.63, 3.8) is 0 Å². The lowest BCUT2D eigenvalue weighted by Gasteiger charge is -2.31. The van der Waals surface area contributed by atoms with Crippen molar-refractivity contribution in [1.29, 1.82) is 0 Å². The van der Waals surface area contributed by atoms with Gasteiger partial charge in [-0.05, 0) is 37.6 Å². The van der Waals surface area contributed by atoms with E-state index in [2.05, 4.69) is 40.1 Å². The van der Waals surface area contributed by atoms with E-state index in [4.69, 9.17) is 4.74 Å². The van der Waals surface area contributed by atoms with Gasteiger partial charge in [-0.25, -0.2) is 0 Å². The summed E-state index contributed by atoms with van der Waals surface area (Å²) in [6, 6.07) is 0.515. The molecule has 1 rings (SSSR count). The summed E-state index contributed by atoms with van der Waals surface area (Å²) in [5.74, 6) is 0.756. The second kappa shape index (κ2) is 7.49. The third-order valence-corrected chi connectivity index (χ3v) is 4.69. The van der Waals surface area contributed by atoms with E-state index in [9.17, 15) is 0 Å². The second-order valence-corrected chi connectivity index (χ2v) is 6.58. The molecule has 0 aromatic carbocycles. The highest BCUT2D eigenvalue weighted by Gasteiger charge is 2.41. The summed E-state index contributed by atoms with van der Waals surface area (Å²) in [6.07, 6.45) is 8.12. The summed E-state index contributed by atoms with van der Waals surface area (Å²) < 4.78 is 6.23. The van der Waals surface area contributed by atoms with Crippen molar-refractivity contribution in [2.45, 2.75) is 78.4 Å². The first-order valence-electron chi connectivity index (χ1n) is 7.84. The topological polar surface area (TPSA) is 21.3 Å². The van der Waals surface area contributed by atoms with E-state index in [1.165, 1.54) is 38.5 Å². The van der Waals surface area contributed by atoms with Gasteiger partial charge in [0.05, 0.1) is 6.10 Å². The van der Waals surface area contributed by atoms with Crippen molar-refractivity contribution in [3.05, 3.63) is 0 Å². The molecule has 1 saturated carbocycles. The molecule has 2 nitrogen and oxygen atoms in total. The lowest BCUT2D eigenvalue weighted by atomic mass is 9.87. The van der Waals surface area contributed by atoms with Crippen molar-refractivity contribution in [3.8, 4) is 0 Å². The summed E-state index contributed by atoms with van der Waals surface area (Å²) in [4.78, 5) is 0. The van der Waals surface area contributed by atoms with Crippen LogP contribution >= 0.6 is 0 Å². The van der Waals surface area contributed by atoms with Crippen LogP contribution in [0.1, 0.15) is 66.2 Å². The summed E-state index contributed by atoms with van der Waals surface area (Å²) in [5, 5.41) is 3.46. The highest BCUT2D eigenvalue weighted by Crippen LogP contribution is 2.39. The van der Waals surface area contributed by atoms with Crippen LogP contribution in [0.3, 0.4) is 0 Å². The third kappa shape index (κ3) is 4.24. The average molecular weight is 255 g/mol. The van der Waals surface area contributed by atoms with Crippen molar-refractivity contribution in [1.82, 2.24) is 5.32 Å². The molecule has 18 heavy (non-hydrogen) atoms. The van der Waals surface area contributed by atoms with Gasteiger partial charge in [0.25, 0.3) is 0 Å². The Morgan fingerprint density at radius 1 is 1.33 bits per heavy atom. The SMILES string of the molecule is CCCCC(CC)COC1CCC(C)(C)C1NC. The minimum atomic E-state index is 0.380. The lowest BCUT2D eigenvalue weighted by molar-refractivity contribution is 0.00619. The number of nitrogens with one attached hydrogen (secondary N) is 1. The van der Waals surface area contributed by atoms with Gasteiger partial charge in [-0.2, -0.15) is 0 Å². The molecule has 3 atom stereocenters.